The first-order valence-electron chi connectivity index (χ1n) is 8.56. The number of nitrogens with zero attached hydrogens (tertiary/aromatic N) is 1. The Morgan fingerprint density at radius 2 is 2.08 bits per heavy atom. The van der Waals surface area contributed by atoms with Gasteiger partial charge in [-0.15, -0.1) is 11.8 Å². The molecule has 0 aromatic heterocycles. The minimum Gasteiger partial charge on any atom is -0.495 e. The van der Waals surface area contributed by atoms with E-state index in [-0.39, 0.29) is 10.8 Å². The van der Waals surface area contributed by atoms with Crippen molar-refractivity contribution in [3.05, 3.63) is 18.2 Å². The highest BCUT2D eigenvalue weighted by Gasteiger charge is 2.27. The van der Waals surface area contributed by atoms with E-state index in [1.807, 2.05) is 0 Å². The van der Waals surface area contributed by atoms with Crippen LogP contribution in [0.2, 0.25) is 0 Å². The zero-order valence-electron chi connectivity index (χ0n) is 15.4. The number of sulfonamides is 1. The molecule has 0 bridgehead atoms. The number of ether oxygens (including phenoxy) is 2. The Balaban J connectivity index is 2.12. The Bertz CT molecular complexity index is 718. The number of benzene rings is 1. The van der Waals surface area contributed by atoms with Crippen molar-refractivity contribution in [2.24, 2.45) is 0 Å². The second-order valence-electron chi connectivity index (χ2n) is 5.96. The molecule has 1 fully saturated rings. The number of hydrogen-bond donors (Lipinski definition) is 1. The largest absolute Gasteiger partial charge is 0.495 e. The molecule has 1 heterocycles. The van der Waals surface area contributed by atoms with E-state index in [0.717, 1.165) is 6.42 Å². The Hall–Kier alpha value is -1.29. The van der Waals surface area contributed by atoms with Crippen LogP contribution in [0.3, 0.4) is 0 Å². The summed E-state index contributed by atoms with van der Waals surface area (Å²) in [4.78, 5) is 12.2. The van der Waals surface area contributed by atoms with Gasteiger partial charge in [-0.2, -0.15) is 4.31 Å². The molecule has 0 aliphatic carbocycles. The highest BCUT2D eigenvalue weighted by Crippen LogP contribution is 2.29. The van der Waals surface area contributed by atoms with Crippen molar-refractivity contribution in [2.75, 3.05) is 44.5 Å². The Morgan fingerprint density at radius 1 is 1.38 bits per heavy atom. The molecule has 1 aromatic carbocycles. The number of carbonyl (C=O) groups is 1. The van der Waals surface area contributed by atoms with E-state index in [0.29, 0.717) is 48.7 Å². The molecule has 0 unspecified atom stereocenters. The summed E-state index contributed by atoms with van der Waals surface area (Å²) in [5, 5.41) is 3.19. The number of nitrogens with one attached hydrogen (secondary N) is 1. The van der Waals surface area contributed by atoms with Gasteiger partial charge < -0.3 is 14.8 Å². The van der Waals surface area contributed by atoms with E-state index in [1.54, 1.807) is 17.8 Å². The van der Waals surface area contributed by atoms with Crippen LogP contribution in [0, 0.1) is 0 Å². The highest BCUT2D eigenvalue weighted by atomic mass is 32.2. The molecule has 0 radical (unpaired) electrons. The van der Waals surface area contributed by atoms with Crippen molar-refractivity contribution in [3.8, 4) is 5.75 Å². The molecule has 2 rings (SSSR count). The van der Waals surface area contributed by atoms with Crippen LogP contribution >= 0.6 is 11.8 Å². The summed E-state index contributed by atoms with van der Waals surface area (Å²) < 4.78 is 37.3. The quantitative estimate of drug-likeness (QED) is 0.717. The van der Waals surface area contributed by atoms with Gasteiger partial charge >= 0.3 is 0 Å². The summed E-state index contributed by atoms with van der Waals surface area (Å²) in [5.41, 5.74) is 0.461. The fraction of sp³-hybridized carbons (Fsp3) is 0.588. The number of hydrogen-bond acceptors (Lipinski definition) is 6. The van der Waals surface area contributed by atoms with Crippen LogP contribution in [-0.2, 0) is 19.6 Å². The number of rotatable bonds is 8. The average Bonchev–Trinajstić information content (AvgIpc) is 2.66. The second-order valence-corrected chi connectivity index (χ2v) is 9.32. The third-order valence-corrected chi connectivity index (χ3v) is 7.35. The first-order chi connectivity index (χ1) is 12.4. The van der Waals surface area contributed by atoms with Crippen molar-refractivity contribution in [3.63, 3.8) is 0 Å². The van der Waals surface area contributed by atoms with Crippen LogP contribution in [-0.4, -0.2) is 63.0 Å². The summed E-state index contributed by atoms with van der Waals surface area (Å²) in [6, 6.07) is 4.50. The molecule has 146 valence electrons. The van der Waals surface area contributed by atoms with E-state index >= 15 is 0 Å². The van der Waals surface area contributed by atoms with Crippen LogP contribution in [0.5, 0.6) is 5.75 Å². The predicted octanol–water partition coefficient (Wildman–Crippen LogP) is 2.19. The van der Waals surface area contributed by atoms with Gasteiger partial charge in [0, 0.05) is 24.4 Å². The van der Waals surface area contributed by atoms with Gasteiger partial charge in [0.05, 0.1) is 36.7 Å². The van der Waals surface area contributed by atoms with Crippen molar-refractivity contribution in [1.29, 1.82) is 0 Å². The highest BCUT2D eigenvalue weighted by molar-refractivity contribution is 8.00. The normalized spacial score (nSPS) is 16.9. The first kappa shape index (κ1) is 21.0. The molecule has 26 heavy (non-hydrogen) atoms. The smallest absolute Gasteiger partial charge is 0.243 e. The van der Waals surface area contributed by atoms with E-state index in [9.17, 15) is 13.2 Å². The lowest BCUT2D eigenvalue weighted by Crippen LogP contribution is -2.40. The fourth-order valence-electron chi connectivity index (χ4n) is 2.39. The Labute approximate surface area is 159 Å². The van der Waals surface area contributed by atoms with Gasteiger partial charge in [0.15, 0.2) is 0 Å². The van der Waals surface area contributed by atoms with Gasteiger partial charge in [-0.25, -0.2) is 8.42 Å². The zero-order valence-corrected chi connectivity index (χ0v) is 17.0. The molecule has 0 saturated carbocycles. The molecule has 1 aliphatic rings. The summed E-state index contributed by atoms with van der Waals surface area (Å²) in [6.07, 6.45) is 0.995. The lowest BCUT2D eigenvalue weighted by molar-refractivity contribution is -0.113. The lowest BCUT2D eigenvalue weighted by Gasteiger charge is -2.26. The lowest BCUT2D eigenvalue weighted by atomic mass is 10.3. The number of methoxy groups -OCH3 is 1. The maximum atomic E-state index is 12.7. The van der Waals surface area contributed by atoms with Gasteiger partial charge in [-0.3, -0.25) is 4.79 Å². The van der Waals surface area contributed by atoms with Gasteiger partial charge in [-0.05, 0) is 18.6 Å². The van der Waals surface area contributed by atoms with Crippen LogP contribution < -0.4 is 10.1 Å². The molecule has 0 spiro atoms. The van der Waals surface area contributed by atoms with Crippen LogP contribution in [0.1, 0.15) is 20.3 Å². The van der Waals surface area contributed by atoms with Gasteiger partial charge in [0.1, 0.15) is 5.75 Å². The minimum absolute atomic E-state index is 0.141. The van der Waals surface area contributed by atoms with Crippen LogP contribution in [0.4, 0.5) is 5.69 Å². The van der Waals surface area contributed by atoms with Crippen LogP contribution in [0.25, 0.3) is 0 Å². The molecule has 1 atom stereocenters. The summed E-state index contributed by atoms with van der Waals surface area (Å²) in [5.74, 6) is 0.519. The maximum Gasteiger partial charge on any atom is 0.243 e. The minimum atomic E-state index is -3.61. The predicted molar refractivity (Wildman–Crippen MR) is 103 cm³/mol. The third kappa shape index (κ3) is 5.35. The standard InChI is InChI=1S/C17H26N2O5S2/c1-4-13(2)25-12-17(20)18-15-6-5-14(11-16(15)23-3)26(21,22)19-7-9-24-10-8-19/h5-6,11,13H,4,7-10,12H2,1-3H3,(H,18,20)/t13-/m1/s1. The molecule has 7 nitrogen and oxygen atoms in total. The van der Waals surface area contributed by atoms with Crippen LogP contribution in [0.15, 0.2) is 23.1 Å². The second kappa shape index (κ2) is 9.59. The average molecular weight is 403 g/mol. The number of carbonyl (C=O) groups excluding carboxylic acids is 1. The van der Waals surface area contributed by atoms with E-state index in [1.165, 1.54) is 23.5 Å². The molecule has 9 heteroatoms. The molecule has 1 N–H and O–H groups in total. The molecule has 1 amide bonds. The fourth-order valence-corrected chi connectivity index (χ4v) is 4.56. The summed E-state index contributed by atoms with van der Waals surface area (Å²) in [7, 11) is -2.16. The molecular weight excluding hydrogens is 376 g/mol. The topological polar surface area (TPSA) is 84.9 Å². The van der Waals surface area contributed by atoms with E-state index < -0.39 is 10.0 Å². The SMILES string of the molecule is CC[C@@H](C)SCC(=O)Nc1ccc(S(=O)(=O)N2CCOCC2)cc1OC. The van der Waals surface area contributed by atoms with Crippen molar-refractivity contribution in [2.45, 2.75) is 30.4 Å². The molecule has 1 aromatic rings. The zero-order chi connectivity index (χ0) is 19.2. The number of morpholine rings is 1. The maximum absolute atomic E-state index is 12.7. The monoisotopic (exact) mass is 402 g/mol. The van der Waals surface area contributed by atoms with E-state index in [2.05, 4.69) is 19.2 Å². The first-order valence-corrected chi connectivity index (χ1v) is 11.0. The van der Waals surface area contributed by atoms with Crippen molar-refractivity contribution < 1.29 is 22.7 Å². The van der Waals surface area contributed by atoms with E-state index in [4.69, 9.17) is 9.47 Å². The summed E-state index contributed by atoms with van der Waals surface area (Å²) >= 11 is 1.58. The molecule has 1 saturated heterocycles. The number of amides is 1. The number of thioether (sulfide) groups is 1. The molecule has 1 aliphatic heterocycles. The number of anilines is 1. The van der Waals surface area contributed by atoms with Gasteiger partial charge in [0.2, 0.25) is 15.9 Å². The van der Waals surface area contributed by atoms with Gasteiger partial charge in [0.25, 0.3) is 0 Å². The Kier molecular flexibility index (Phi) is 7.75. The summed E-state index contributed by atoms with van der Waals surface area (Å²) in [6.45, 7) is 5.58. The third-order valence-electron chi connectivity index (χ3n) is 4.13. The van der Waals surface area contributed by atoms with Crippen molar-refractivity contribution >= 4 is 33.4 Å². The van der Waals surface area contributed by atoms with Crippen molar-refractivity contribution in [1.82, 2.24) is 4.31 Å². The van der Waals surface area contributed by atoms with Gasteiger partial charge in [-0.1, -0.05) is 13.8 Å². The molecular formula is C17H26N2O5S2. The Morgan fingerprint density at radius 3 is 2.69 bits per heavy atom.